The van der Waals surface area contributed by atoms with Crippen LogP contribution >= 0.6 is 15.9 Å². The Morgan fingerprint density at radius 2 is 2.19 bits per heavy atom. The molecule has 1 unspecified atom stereocenters. The van der Waals surface area contributed by atoms with Crippen molar-refractivity contribution < 1.29 is 9.13 Å². The maximum absolute atomic E-state index is 13.7. The van der Waals surface area contributed by atoms with E-state index >= 15 is 0 Å². The quantitative estimate of drug-likeness (QED) is 0.858. The van der Waals surface area contributed by atoms with E-state index in [-0.39, 0.29) is 11.9 Å². The molecule has 1 aliphatic heterocycles. The van der Waals surface area contributed by atoms with Gasteiger partial charge in [0.05, 0.1) is 19.3 Å². The minimum Gasteiger partial charge on any atom is -0.378 e. The molecule has 16 heavy (non-hydrogen) atoms. The van der Waals surface area contributed by atoms with E-state index in [0.717, 1.165) is 28.8 Å². The summed E-state index contributed by atoms with van der Waals surface area (Å²) in [6.45, 7) is 5.98. The van der Waals surface area contributed by atoms with Crippen LogP contribution in [0.25, 0.3) is 0 Å². The van der Waals surface area contributed by atoms with E-state index in [1.54, 1.807) is 0 Å². The maximum atomic E-state index is 13.7. The lowest BCUT2D eigenvalue weighted by atomic mass is 9.95. The molecule has 1 saturated heterocycles. The van der Waals surface area contributed by atoms with Gasteiger partial charge in [-0.1, -0.05) is 15.9 Å². The third-order valence-corrected chi connectivity index (χ3v) is 3.87. The highest BCUT2D eigenvalue weighted by Crippen LogP contribution is 2.30. The van der Waals surface area contributed by atoms with Crippen LogP contribution in [0.4, 0.5) is 4.39 Å². The molecule has 0 amide bonds. The van der Waals surface area contributed by atoms with Gasteiger partial charge in [-0.05, 0) is 36.6 Å². The maximum Gasteiger partial charge on any atom is 0.127 e. The monoisotopic (exact) mass is 287 g/mol. The number of hydrogen-bond donors (Lipinski definition) is 1. The Morgan fingerprint density at radius 3 is 2.81 bits per heavy atom. The summed E-state index contributed by atoms with van der Waals surface area (Å²) in [5.74, 6) is -0.167. The summed E-state index contributed by atoms with van der Waals surface area (Å²) in [6.07, 6.45) is 0. The number of benzene rings is 1. The minimum atomic E-state index is -0.167. The predicted molar refractivity (Wildman–Crippen MR) is 65.1 cm³/mol. The largest absolute Gasteiger partial charge is 0.378 e. The molecule has 1 fully saturated rings. The average Bonchev–Trinajstić information content (AvgIpc) is 2.28. The highest BCUT2D eigenvalue weighted by molar-refractivity contribution is 9.10. The van der Waals surface area contributed by atoms with Crippen LogP contribution in [0, 0.1) is 19.7 Å². The summed E-state index contributed by atoms with van der Waals surface area (Å²) in [6, 6.07) is 1.62. The minimum absolute atomic E-state index is 0.0979. The smallest absolute Gasteiger partial charge is 0.127 e. The van der Waals surface area contributed by atoms with Crippen molar-refractivity contribution in [3.8, 4) is 0 Å². The van der Waals surface area contributed by atoms with Crippen molar-refractivity contribution >= 4 is 15.9 Å². The fourth-order valence-electron chi connectivity index (χ4n) is 2.14. The van der Waals surface area contributed by atoms with Crippen molar-refractivity contribution in [1.29, 1.82) is 0 Å². The number of rotatable bonds is 1. The van der Waals surface area contributed by atoms with E-state index in [2.05, 4.69) is 21.2 Å². The lowest BCUT2D eigenvalue weighted by Crippen LogP contribution is -2.35. The zero-order valence-electron chi connectivity index (χ0n) is 9.44. The van der Waals surface area contributed by atoms with Gasteiger partial charge in [0.2, 0.25) is 0 Å². The molecule has 1 atom stereocenters. The Hall–Kier alpha value is -0.450. The lowest BCUT2D eigenvalue weighted by molar-refractivity contribution is 0.0764. The molecule has 88 valence electrons. The second kappa shape index (κ2) is 4.82. The fourth-order valence-corrected chi connectivity index (χ4v) is 2.55. The van der Waals surface area contributed by atoms with E-state index < -0.39 is 0 Å². The normalized spacial score (nSPS) is 21.1. The van der Waals surface area contributed by atoms with Crippen molar-refractivity contribution in [2.75, 3.05) is 19.8 Å². The van der Waals surface area contributed by atoms with Gasteiger partial charge in [-0.15, -0.1) is 0 Å². The zero-order chi connectivity index (χ0) is 11.7. The Labute approximate surface area is 103 Å². The first-order valence-corrected chi connectivity index (χ1v) is 6.16. The molecule has 1 N–H and O–H groups in total. The van der Waals surface area contributed by atoms with Crippen LogP contribution in [0.15, 0.2) is 10.5 Å². The lowest BCUT2D eigenvalue weighted by Gasteiger charge is -2.27. The molecule has 0 saturated carbocycles. The highest BCUT2D eigenvalue weighted by Gasteiger charge is 2.22. The first kappa shape index (κ1) is 12.0. The van der Waals surface area contributed by atoms with E-state index in [0.29, 0.717) is 12.2 Å². The molecular formula is C12H15BrFNO. The van der Waals surface area contributed by atoms with Gasteiger partial charge < -0.3 is 10.1 Å². The third-order valence-electron chi connectivity index (χ3n) is 3.05. The molecule has 2 nitrogen and oxygen atoms in total. The Balaban J connectivity index is 2.45. The van der Waals surface area contributed by atoms with E-state index in [9.17, 15) is 4.39 Å². The molecule has 0 radical (unpaired) electrons. The molecule has 1 aromatic carbocycles. The molecule has 0 spiro atoms. The van der Waals surface area contributed by atoms with E-state index in [1.807, 2.05) is 13.8 Å². The topological polar surface area (TPSA) is 21.3 Å². The van der Waals surface area contributed by atoms with Crippen molar-refractivity contribution in [3.63, 3.8) is 0 Å². The SMILES string of the molecule is Cc1c(F)cc(Br)c(C)c1C1COCCN1. The highest BCUT2D eigenvalue weighted by atomic mass is 79.9. The van der Waals surface area contributed by atoms with Crippen LogP contribution in [0.1, 0.15) is 22.7 Å². The second-order valence-corrected chi connectivity index (χ2v) is 4.94. The second-order valence-electron chi connectivity index (χ2n) is 4.09. The van der Waals surface area contributed by atoms with Crippen molar-refractivity contribution in [2.24, 2.45) is 0 Å². The van der Waals surface area contributed by atoms with Gasteiger partial charge in [0.1, 0.15) is 5.82 Å². The van der Waals surface area contributed by atoms with Crippen molar-refractivity contribution in [3.05, 3.63) is 33.0 Å². The van der Waals surface area contributed by atoms with Crippen LogP contribution in [-0.2, 0) is 4.74 Å². The molecule has 4 heteroatoms. The van der Waals surface area contributed by atoms with Crippen LogP contribution in [-0.4, -0.2) is 19.8 Å². The van der Waals surface area contributed by atoms with Gasteiger partial charge in [-0.25, -0.2) is 4.39 Å². The van der Waals surface area contributed by atoms with Crippen molar-refractivity contribution in [1.82, 2.24) is 5.32 Å². The summed E-state index contributed by atoms with van der Waals surface area (Å²) in [4.78, 5) is 0. The Kier molecular flexibility index (Phi) is 3.62. The Morgan fingerprint density at radius 1 is 1.44 bits per heavy atom. The molecule has 1 aliphatic rings. The Bertz CT molecular complexity index is 376. The summed E-state index contributed by atoms with van der Waals surface area (Å²) in [5.41, 5.74) is 2.82. The van der Waals surface area contributed by atoms with Crippen LogP contribution in [0.5, 0.6) is 0 Å². The van der Waals surface area contributed by atoms with E-state index in [4.69, 9.17) is 4.74 Å². The van der Waals surface area contributed by atoms with Gasteiger partial charge in [0.25, 0.3) is 0 Å². The summed E-state index contributed by atoms with van der Waals surface area (Å²) in [5, 5.41) is 3.36. The molecule has 1 aromatic rings. The average molecular weight is 288 g/mol. The first-order chi connectivity index (χ1) is 7.61. The summed E-state index contributed by atoms with van der Waals surface area (Å²) < 4.78 is 19.9. The summed E-state index contributed by atoms with van der Waals surface area (Å²) in [7, 11) is 0. The van der Waals surface area contributed by atoms with Gasteiger partial charge >= 0.3 is 0 Å². The van der Waals surface area contributed by atoms with Crippen LogP contribution in [0.2, 0.25) is 0 Å². The fraction of sp³-hybridized carbons (Fsp3) is 0.500. The number of nitrogens with one attached hydrogen (secondary N) is 1. The van der Waals surface area contributed by atoms with Crippen LogP contribution in [0.3, 0.4) is 0 Å². The molecule has 1 heterocycles. The number of ether oxygens (including phenoxy) is 1. The van der Waals surface area contributed by atoms with E-state index in [1.165, 1.54) is 6.07 Å². The first-order valence-electron chi connectivity index (χ1n) is 5.37. The molecule has 2 rings (SSSR count). The van der Waals surface area contributed by atoms with Crippen LogP contribution < -0.4 is 5.32 Å². The van der Waals surface area contributed by atoms with Crippen molar-refractivity contribution in [2.45, 2.75) is 19.9 Å². The van der Waals surface area contributed by atoms with Gasteiger partial charge in [0, 0.05) is 11.0 Å². The molecule has 0 aliphatic carbocycles. The molecular weight excluding hydrogens is 273 g/mol. The number of hydrogen-bond acceptors (Lipinski definition) is 2. The number of morpholine rings is 1. The summed E-state index contributed by atoms with van der Waals surface area (Å²) >= 11 is 3.39. The zero-order valence-corrected chi connectivity index (χ0v) is 11.0. The standard InChI is InChI=1S/C12H15BrFNO/c1-7-9(13)5-10(14)8(2)12(7)11-6-16-4-3-15-11/h5,11,15H,3-4,6H2,1-2H3. The van der Waals surface area contributed by atoms with Gasteiger partial charge in [0.15, 0.2) is 0 Å². The number of halogens is 2. The third kappa shape index (κ3) is 2.14. The molecule has 0 aromatic heterocycles. The van der Waals surface area contributed by atoms with Gasteiger partial charge in [-0.3, -0.25) is 0 Å². The predicted octanol–water partition coefficient (Wildman–Crippen LogP) is 2.87. The van der Waals surface area contributed by atoms with Gasteiger partial charge in [-0.2, -0.15) is 0 Å². The molecule has 0 bridgehead atoms.